The maximum atomic E-state index is 12.8. The predicted molar refractivity (Wildman–Crippen MR) is 53.8 cm³/mol. The second-order valence-corrected chi connectivity index (χ2v) is 3.59. The Balaban J connectivity index is 2.70. The van der Waals surface area contributed by atoms with Crippen molar-refractivity contribution in [1.82, 2.24) is 5.32 Å². The number of hydrogen-bond acceptors (Lipinski definition) is 2. The van der Waals surface area contributed by atoms with Crippen LogP contribution in [0.4, 0.5) is 8.78 Å². The molecule has 2 nitrogen and oxygen atoms in total. The van der Waals surface area contributed by atoms with Gasteiger partial charge in [0.2, 0.25) is 0 Å². The summed E-state index contributed by atoms with van der Waals surface area (Å²) in [6, 6.07) is 3.33. The van der Waals surface area contributed by atoms with Gasteiger partial charge in [0.1, 0.15) is 0 Å². The number of ketones is 1. The van der Waals surface area contributed by atoms with Crippen LogP contribution in [0.5, 0.6) is 0 Å². The first kappa shape index (κ1) is 11.8. The Hall–Kier alpha value is -1.29. The number of carbonyl (C=O) groups is 1. The predicted octanol–water partition coefficient (Wildman–Crippen LogP) is 2.15. The normalized spacial score (nSPS) is 10.7. The van der Waals surface area contributed by atoms with Crippen molar-refractivity contribution < 1.29 is 13.6 Å². The highest BCUT2D eigenvalue weighted by Crippen LogP contribution is 2.08. The van der Waals surface area contributed by atoms with E-state index in [2.05, 4.69) is 5.32 Å². The van der Waals surface area contributed by atoms with Crippen LogP contribution < -0.4 is 5.32 Å². The Morgan fingerprint density at radius 1 is 1.33 bits per heavy atom. The molecular formula is C11H13F2NO. The molecule has 0 atom stereocenters. The maximum Gasteiger partial charge on any atom is 0.176 e. The van der Waals surface area contributed by atoms with Crippen molar-refractivity contribution in [2.24, 2.45) is 0 Å². The molecular weight excluding hydrogens is 200 g/mol. The zero-order chi connectivity index (χ0) is 11.4. The summed E-state index contributed by atoms with van der Waals surface area (Å²) in [7, 11) is 0. The van der Waals surface area contributed by atoms with Crippen LogP contribution in [0.3, 0.4) is 0 Å². The van der Waals surface area contributed by atoms with Crippen molar-refractivity contribution in [2.45, 2.75) is 19.9 Å². The van der Waals surface area contributed by atoms with E-state index in [1.807, 2.05) is 13.8 Å². The maximum absolute atomic E-state index is 12.8. The number of Topliss-reactive ketones (excluding diaryl/α,β-unsaturated/α-hetero) is 1. The Labute approximate surface area is 87.3 Å². The molecule has 0 unspecified atom stereocenters. The van der Waals surface area contributed by atoms with E-state index in [9.17, 15) is 13.6 Å². The standard InChI is InChI=1S/C11H13F2NO/c1-7(2)14-6-11(15)8-3-4-9(12)10(13)5-8/h3-5,7,14H,6H2,1-2H3. The smallest absolute Gasteiger partial charge is 0.176 e. The molecule has 0 aliphatic heterocycles. The summed E-state index contributed by atoms with van der Waals surface area (Å²) in [5, 5.41) is 2.91. The molecule has 1 aromatic rings. The molecule has 0 saturated carbocycles. The lowest BCUT2D eigenvalue weighted by molar-refractivity contribution is 0.0988. The van der Waals surface area contributed by atoms with Crippen molar-refractivity contribution in [3.05, 3.63) is 35.4 Å². The Morgan fingerprint density at radius 2 is 2.00 bits per heavy atom. The van der Waals surface area contributed by atoms with Gasteiger partial charge in [-0.05, 0) is 18.2 Å². The number of carbonyl (C=O) groups excluding carboxylic acids is 1. The van der Waals surface area contributed by atoms with E-state index in [1.54, 1.807) is 0 Å². The molecule has 0 fully saturated rings. The third kappa shape index (κ3) is 3.40. The van der Waals surface area contributed by atoms with Gasteiger partial charge in [0, 0.05) is 11.6 Å². The molecule has 0 bridgehead atoms. The van der Waals surface area contributed by atoms with E-state index in [0.29, 0.717) is 0 Å². The Kier molecular flexibility index (Phi) is 3.91. The largest absolute Gasteiger partial charge is 0.307 e. The molecule has 0 heterocycles. The summed E-state index contributed by atoms with van der Waals surface area (Å²) in [5.74, 6) is -2.18. The zero-order valence-corrected chi connectivity index (χ0v) is 8.68. The van der Waals surface area contributed by atoms with Crippen LogP contribution in [0.25, 0.3) is 0 Å². The highest BCUT2D eigenvalue weighted by atomic mass is 19.2. The van der Waals surface area contributed by atoms with E-state index < -0.39 is 11.6 Å². The fourth-order valence-electron chi connectivity index (χ4n) is 1.07. The van der Waals surface area contributed by atoms with Crippen molar-refractivity contribution in [1.29, 1.82) is 0 Å². The summed E-state index contributed by atoms with van der Waals surface area (Å²) in [6.45, 7) is 3.93. The first-order chi connectivity index (χ1) is 7.00. The minimum absolute atomic E-state index is 0.128. The van der Waals surface area contributed by atoms with Gasteiger partial charge in [-0.15, -0.1) is 0 Å². The van der Waals surface area contributed by atoms with Gasteiger partial charge in [0.05, 0.1) is 6.54 Å². The van der Waals surface area contributed by atoms with Crippen LogP contribution in [0, 0.1) is 11.6 Å². The number of rotatable bonds is 4. The van der Waals surface area contributed by atoms with Gasteiger partial charge in [-0.25, -0.2) is 8.78 Å². The van der Waals surface area contributed by atoms with Crippen LogP contribution in [0.2, 0.25) is 0 Å². The lowest BCUT2D eigenvalue weighted by Gasteiger charge is -2.07. The van der Waals surface area contributed by atoms with Crippen molar-refractivity contribution in [2.75, 3.05) is 6.54 Å². The second kappa shape index (κ2) is 4.98. The Bertz CT molecular complexity index is 364. The van der Waals surface area contributed by atoms with Crippen LogP contribution in [-0.2, 0) is 0 Å². The highest BCUT2D eigenvalue weighted by Gasteiger charge is 2.09. The van der Waals surface area contributed by atoms with E-state index >= 15 is 0 Å². The van der Waals surface area contributed by atoms with Gasteiger partial charge in [-0.1, -0.05) is 13.8 Å². The summed E-state index contributed by atoms with van der Waals surface area (Å²) in [4.78, 5) is 11.5. The lowest BCUT2D eigenvalue weighted by Crippen LogP contribution is -2.29. The molecule has 0 aliphatic rings. The molecule has 0 spiro atoms. The van der Waals surface area contributed by atoms with Crippen molar-refractivity contribution in [3.63, 3.8) is 0 Å². The summed E-state index contributed by atoms with van der Waals surface area (Å²) >= 11 is 0. The average molecular weight is 213 g/mol. The fraction of sp³-hybridized carbons (Fsp3) is 0.364. The molecule has 0 amide bonds. The molecule has 15 heavy (non-hydrogen) atoms. The molecule has 0 aromatic heterocycles. The number of halogens is 2. The molecule has 0 radical (unpaired) electrons. The second-order valence-electron chi connectivity index (χ2n) is 3.59. The van der Waals surface area contributed by atoms with Gasteiger partial charge in [-0.3, -0.25) is 4.79 Å². The minimum atomic E-state index is -0.995. The quantitative estimate of drug-likeness (QED) is 0.776. The third-order valence-electron chi connectivity index (χ3n) is 1.91. The Morgan fingerprint density at radius 3 is 2.53 bits per heavy atom. The SMILES string of the molecule is CC(C)NCC(=O)c1ccc(F)c(F)c1. The van der Waals surface area contributed by atoms with Crippen LogP contribution in [0.1, 0.15) is 24.2 Å². The van der Waals surface area contributed by atoms with Crippen LogP contribution >= 0.6 is 0 Å². The minimum Gasteiger partial charge on any atom is -0.307 e. The first-order valence-electron chi connectivity index (χ1n) is 4.72. The van der Waals surface area contributed by atoms with Crippen molar-refractivity contribution in [3.8, 4) is 0 Å². The fourth-order valence-corrected chi connectivity index (χ4v) is 1.07. The van der Waals surface area contributed by atoms with Crippen molar-refractivity contribution >= 4 is 5.78 Å². The number of benzene rings is 1. The molecule has 1 rings (SSSR count). The molecule has 1 N–H and O–H groups in total. The summed E-state index contributed by atoms with van der Waals surface area (Å²) in [6.07, 6.45) is 0. The van der Waals surface area contributed by atoms with E-state index in [1.165, 1.54) is 6.07 Å². The number of hydrogen-bond donors (Lipinski definition) is 1. The molecule has 0 aliphatic carbocycles. The van der Waals surface area contributed by atoms with E-state index in [-0.39, 0.29) is 23.9 Å². The number of nitrogens with one attached hydrogen (secondary N) is 1. The van der Waals surface area contributed by atoms with Gasteiger partial charge >= 0.3 is 0 Å². The third-order valence-corrected chi connectivity index (χ3v) is 1.91. The van der Waals surface area contributed by atoms with Crippen LogP contribution in [-0.4, -0.2) is 18.4 Å². The average Bonchev–Trinajstić information content (AvgIpc) is 2.18. The molecule has 1 aromatic carbocycles. The van der Waals surface area contributed by atoms with E-state index in [4.69, 9.17) is 0 Å². The molecule has 4 heteroatoms. The highest BCUT2D eigenvalue weighted by molar-refractivity contribution is 5.97. The molecule has 82 valence electrons. The summed E-state index contributed by atoms with van der Waals surface area (Å²) < 4.78 is 25.4. The van der Waals surface area contributed by atoms with Gasteiger partial charge in [-0.2, -0.15) is 0 Å². The monoisotopic (exact) mass is 213 g/mol. The van der Waals surface area contributed by atoms with Gasteiger partial charge in [0.15, 0.2) is 17.4 Å². The first-order valence-corrected chi connectivity index (χ1v) is 4.72. The van der Waals surface area contributed by atoms with Gasteiger partial charge in [0.25, 0.3) is 0 Å². The summed E-state index contributed by atoms with van der Waals surface area (Å²) in [5.41, 5.74) is 0.182. The molecule has 0 saturated heterocycles. The van der Waals surface area contributed by atoms with Gasteiger partial charge < -0.3 is 5.32 Å². The van der Waals surface area contributed by atoms with E-state index in [0.717, 1.165) is 12.1 Å². The topological polar surface area (TPSA) is 29.1 Å². The zero-order valence-electron chi connectivity index (χ0n) is 8.68. The van der Waals surface area contributed by atoms with Crippen LogP contribution in [0.15, 0.2) is 18.2 Å². The lowest BCUT2D eigenvalue weighted by atomic mass is 10.1.